The van der Waals surface area contributed by atoms with Gasteiger partial charge in [0.15, 0.2) is 0 Å². The minimum absolute atomic E-state index is 0.138. The van der Waals surface area contributed by atoms with Gasteiger partial charge in [-0.15, -0.1) is 0 Å². The Hall–Kier alpha value is -1.38. The van der Waals surface area contributed by atoms with Crippen LogP contribution in [0.3, 0.4) is 0 Å². The molecular weight excluding hydrogens is 214 g/mol. The van der Waals surface area contributed by atoms with E-state index in [1.807, 2.05) is 6.07 Å². The lowest BCUT2D eigenvalue weighted by molar-refractivity contribution is 0.337. The maximum atomic E-state index is 11.3. The first-order chi connectivity index (χ1) is 7.07. The lowest BCUT2D eigenvalue weighted by Crippen LogP contribution is -2.08. The van der Waals surface area contributed by atoms with Crippen LogP contribution in [0.4, 0.5) is 0 Å². The molecule has 0 spiro atoms. The van der Waals surface area contributed by atoms with Crippen molar-refractivity contribution in [3.8, 4) is 6.07 Å². The van der Waals surface area contributed by atoms with Gasteiger partial charge in [-0.2, -0.15) is 13.7 Å². The van der Waals surface area contributed by atoms with Crippen LogP contribution in [0.15, 0.2) is 24.3 Å². The molecule has 4 nitrogen and oxygen atoms in total. The molecule has 0 N–H and O–H groups in total. The van der Waals surface area contributed by atoms with Crippen molar-refractivity contribution in [1.82, 2.24) is 0 Å². The molecule has 0 saturated heterocycles. The van der Waals surface area contributed by atoms with Gasteiger partial charge in [-0.25, -0.2) is 0 Å². The molecule has 5 heteroatoms. The van der Waals surface area contributed by atoms with E-state index >= 15 is 0 Å². The van der Waals surface area contributed by atoms with Crippen molar-refractivity contribution in [1.29, 1.82) is 5.26 Å². The van der Waals surface area contributed by atoms with Crippen molar-refractivity contribution in [2.24, 2.45) is 0 Å². The maximum absolute atomic E-state index is 11.3. The van der Waals surface area contributed by atoms with Gasteiger partial charge in [0.05, 0.1) is 18.2 Å². The van der Waals surface area contributed by atoms with Crippen LogP contribution in [0.1, 0.15) is 18.1 Å². The summed E-state index contributed by atoms with van der Waals surface area (Å²) in [7, 11) is -3.49. The number of nitriles is 1. The van der Waals surface area contributed by atoms with E-state index in [0.717, 1.165) is 0 Å². The average Bonchev–Trinajstić information content (AvgIpc) is 2.18. The Bertz CT molecular complexity index is 456. The van der Waals surface area contributed by atoms with E-state index in [9.17, 15) is 8.42 Å². The zero-order chi connectivity index (χ0) is 11.3. The second-order valence-corrected chi connectivity index (χ2v) is 4.56. The van der Waals surface area contributed by atoms with E-state index in [1.54, 1.807) is 31.2 Å². The molecule has 0 heterocycles. The van der Waals surface area contributed by atoms with Gasteiger partial charge >= 0.3 is 0 Å². The Balaban J connectivity index is 2.78. The predicted molar refractivity (Wildman–Crippen MR) is 55.4 cm³/mol. The molecule has 1 aromatic carbocycles. The van der Waals surface area contributed by atoms with Crippen LogP contribution in [0.5, 0.6) is 0 Å². The van der Waals surface area contributed by atoms with E-state index in [4.69, 9.17) is 5.26 Å². The topological polar surface area (TPSA) is 67.2 Å². The van der Waals surface area contributed by atoms with Gasteiger partial charge in [0.25, 0.3) is 10.1 Å². The van der Waals surface area contributed by atoms with Crippen molar-refractivity contribution in [3.05, 3.63) is 35.4 Å². The van der Waals surface area contributed by atoms with Crippen LogP contribution in [0.25, 0.3) is 0 Å². The fraction of sp³-hybridized carbons (Fsp3) is 0.300. The molecule has 0 aliphatic rings. The summed E-state index contributed by atoms with van der Waals surface area (Å²) in [5.41, 5.74) is 1.12. The van der Waals surface area contributed by atoms with Crippen molar-refractivity contribution < 1.29 is 12.6 Å². The van der Waals surface area contributed by atoms with Crippen LogP contribution in [0, 0.1) is 11.3 Å². The maximum Gasteiger partial charge on any atom is 0.271 e. The molecule has 0 bridgehead atoms. The van der Waals surface area contributed by atoms with E-state index < -0.39 is 10.1 Å². The molecule has 1 rings (SSSR count). The average molecular weight is 225 g/mol. The number of benzene rings is 1. The van der Waals surface area contributed by atoms with Crippen LogP contribution < -0.4 is 0 Å². The number of rotatable bonds is 4. The molecule has 80 valence electrons. The Morgan fingerprint density at radius 3 is 2.40 bits per heavy atom. The van der Waals surface area contributed by atoms with Crippen molar-refractivity contribution in [2.75, 3.05) is 6.61 Å². The van der Waals surface area contributed by atoms with Crippen LogP contribution >= 0.6 is 0 Å². The smallest absolute Gasteiger partial charge is 0.270 e. The molecule has 0 aliphatic carbocycles. The summed E-state index contributed by atoms with van der Waals surface area (Å²) in [6.45, 7) is 1.76. The van der Waals surface area contributed by atoms with Crippen LogP contribution in [-0.2, 0) is 20.1 Å². The van der Waals surface area contributed by atoms with Gasteiger partial charge in [0.2, 0.25) is 0 Å². The van der Waals surface area contributed by atoms with Crippen molar-refractivity contribution in [3.63, 3.8) is 0 Å². The SMILES string of the molecule is CCOS(=O)(=O)Cc1ccc(C#N)cc1. The standard InChI is InChI=1S/C10H11NO3S/c1-2-14-15(12,13)8-10-5-3-9(7-11)4-6-10/h3-6H,2,8H2,1H3. The highest BCUT2D eigenvalue weighted by Gasteiger charge is 2.10. The molecular formula is C10H11NO3S. The number of hydrogen-bond acceptors (Lipinski definition) is 4. The second-order valence-electron chi connectivity index (χ2n) is 2.92. The predicted octanol–water partition coefficient (Wildman–Crippen LogP) is 1.42. The fourth-order valence-electron chi connectivity index (χ4n) is 1.10. The molecule has 0 atom stereocenters. The molecule has 0 saturated carbocycles. The lowest BCUT2D eigenvalue weighted by Gasteiger charge is -2.03. The summed E-state index contributed by atoms with van der Waals surface area (Å²) < 4.78 is 27.1. The van der Waals surface area contributed by atoms with Gasteiger partial charge in [-0.05, 0) is 24.6 Å². The molecule has 0 amide bonds. The van der Waals surface area contributed by atoms with Crippen LogP contribution in [0.2, 0.25) is 0 Å². The molecule has 0 unspecified atom stereocenters. The summed E-state index contributed by atoms with van der Waals surface area (Å²) in [5, 5.41) is 8.55. The van der Waals surface area contributed by atoms with Crippen molar-refractivity contribution >= 4 is 10.1 Å². The van der Waals surface area contributed by atoms with Gasteiger partial charge in [-0.3, -0.25) is 4.18 Å². The minimum Gasteiger partial charge on any atom is -0.270 e. The minimum atomic E-state index is -3.49. The third-order valence-corrected chi connectivity index (χ3v) is 3.01. The normalized spacial score (nSPS) is 10.9. The molecule has 1 aromatic rings. The lowest BCUT2D eigenvalue weighted by atomic mass is 10.2. The molecule has 15 heavy (non-hydrogen) atoms. The molecule has 0 aliphatic heterocycles. The largest absolute Gasteiger partial charge is 0.271 e. The Morgan fingerprint density at radius 2 is 1.93 bits per heavy atom. The molecule has 0 fully saturated rings. The fourth-order valence-corrected chi connectivity index (χ4v) is 2.14. The van der Waals surface area contributed by atoms with Gasteiger partial charge in [0, 0.05) is 0 Å². The Morgan fingerprint density at radius 1 is 1.33 bits per heavy atom. The highest BCUT2D eigenvalue weighted by atomic mass is 32.2. The first kappa shape index (κ1) is 11.7. The Kier molecular flexibility index (Phi) is 3.83. The monoisotopic (exact) mass is 225 g/mol. The zero-order valence-corrected chi connectivity index (χ0v) is 9.12. The third-order valence-electron chi connectivity index (χ3n) is 1.72. The summed E-state index contributed by atoms with van der Waals surface area (Å²) in [4.78, 5) is 0. The van der Waals surface area contributed by atoms with Gasteiger partial charge in [0.1, 0.15) is 5.75 Å². The summed E-state index contributed by atoms with van der Waals surface area (Å²) in [6, 6.07) is 8.33. The van der Waals surface area contributed by atoms with Gasteiger partial charge < -0.3 is 0 Å². The number of nitrogens with zero attached hydrogens (tertiary/aromatic N) is 1. The summed E-state index contributed by atoms with van der Waals surface area (Å²) in [5.74, 6) is -0.160. The highest BCUT2D eigenvalue weighted by molar-refractivity contribution is 7.85. The zero-order valence-electron chi connectivity index (χ0n) is 8.30. The molecule has 0 aromatic heterocycles. The van der Waals surface area contributed by atoms with Crippen molar-refractivity contribution in [2.45, 2.75) is 12.7 Å². The number of hydrogen-bond donors (Lipinski definition) is 0. The van der Waals surface area contributed by atoms with E-state index in [-0.39, 0.29) is 12.4 Å². The first-order valence-electron chi connectivity index (χ1n) is 4.43. The quantitative estimate of drug-likeness (QED) is 0.727. The second kappa shape index (κ2) is 4.91. The van der Waals surface area contributed by atoms with Gasteiger partial charge in [-0.1, -0.05) is 12.1 Å². The first-order valence-corrected chi connectivity index (χ1v) is 6.01. The van der Waals surface area contributed by atoms with E-state index in [1.165, 1.54) is 0 Å². The van der Waals surface area contributed by atoms with E-state index in [2.05, 4.69) is 4.18 Å². The van der Waals surface area contributed by atoms with E-state index in [0.29, 0.717) is 11.1 Å². The third kappa shape index (κ3) is 3.70. The molecule has 0 radical (unpaired) electrons. The summed E-state index contributed by atoms with van der Waals surface area (Å²) in [6.07, 6.45) is 0. The van der Waals surface area contributed by atoms with Crippen LogP contribution in [-0.4, -0.2) is 15.0 Å². The summed E-state index contributed by atoms with van der Waals surface area (Å²) >= 11 is 0. The highest BCUT2D eigenvalue weighted by Crippen LogP contribution is 2.09. The Labute approximate surface area is 89.2 Å².